The molecule has 1 aromatic rings. The van der Waals surface area contributed by atoms with Crippen LogP contribution in [0.25, 0.3) is 0 Å². The number of primary sulfonamides is 1. The fourth-order valence-electron chi connectivity index (χ4n) is 2.40. The summed E-state index contributed by atoms with van der Waals surface area (Å²) < 4.78 is 22.9. The first kappa shape index (κ1) is 15.5. The summed E-state index contributed by atoms with van der Waals surface area (Å²) in [4.78, 5) is 14.3. The van der Waals surface area contributed by atoms with Crippen LogP contribution in [0.3, 0.4) is 0 Å². The summed E-state index contributed by atoms with van der Waals surface area (Å²) in [5.74, 6) is 0.499. The molecule has 0 saturated heterocycles. The molecule has 0 aromatic carbocycles. The zero-order valence-corrected chi connectivity index (χ0v) is 13.4. The van der Waals surface area contributed by atoms with Crippen molar-refractivity contribution in [3.05, 3.63) is 16.5 Å². The number of thiophene rings is 1. The Kier molecular flexibility index (Phi) is 4.51. The Bertz CT molecular complexity index is 603. The molecule has 0 atom stereocenters. The van der Waals surface area contributed by atoms with Crippen molar-refractivity contribution in [2.45, 2.75) is 37.3 Å². The van der Waals surface area contributed by atoms with E-state index in [4.69, 9.17) is 5.14 Å². The Hall–Kier alpha value is -0.920. The van der Waals surface area contributed by atoms with E-state index in [0.29, 0.717) is 23.6 Å². The average Bonchev–Trinajstić information content (AvgIpc) is 2.69. The van der Waals surface area contributed by atoms with E-state index in [1.165, 1.54) is 19.3 Å². The molecule has 0 radical (unpaired) electrons. The summed E-state index contributed by atoms with van der Waals surface area (Å²) in [7, 11) is -3.75. The number of nitrogens with zero attached hydrogens (tertiary/aromatic N) is 1. The smallest absolute Gasteiger partial charge is 0.255 e. The highest BCUT2D eigenvalue weighted by atomic mass is 32.2. The van der Waals surface area contributed by atoms with Gasteiger partial charge >= 0.3 is 0 Å². The molecule has 1 amide bonds. The number of rotatable bonds is 5. The minimum Gasteiger partial charge on any atom is -0.339 e. The zero-order valence-electron chi connectivity index (χ0n) is 11.8. The van der Waals surface area contributed by atoms with Crippen molar-refractivity contribution in [1.82, 2.24) is 4.90 Å². The molecule has 20 heavy (non-hydrogen) atoms. The van der Waals surface area contributed by atoms with Crippen molar-refractivity contribution in [3.63, 3.8) is 0 Å². The first-order valence-corrected chi connectivity index (χ1v) is 9.17. The number of nitrogens with two attached hydrogens (primary N) is 1. The highest BCUT2D eigenvalue weighted by Gasteiger charge is 2.27. The SMILES string of the molecule is CCN(CC1CCC1)C(=O)c1csc(S(N)(=O)=O)c1C. The molecule has 5 nitrogen and oxygen atoms in total. The molecule has 0 spiro atoms. The van der Waals surface area contributed by atoms with Crippen LogP contribution < -0.4 is 5.14 Å². The number of hydrogen-bond acceptors (Lipinski definition) is 4. The van der Waals surface area contributed by atoms with E-state index in [0.717, 1.165) is 17.9 Å². The van der Waals surface area contributed by atoms with E-state index >= 15 is 0 Å². The Balaban J connectivity index is 2.21. The molecular weight excluding hydrogens is 296 g/mol. The topological polar surface area (TPSA) is 80.5 Å². The predicted molar refractivity (Wildman–Crippen MR) is 79.3 cm³/mol. The summed E-state index contributed by atoms with van der Waals surface area (Å²) in [6.07, 6.45) is 3.59. The molecule has 2 N–H and O–H groups in total. The Morgan fingerprint density at radius 1 is 1.50 bits per heavy atom. The molecule has 1 heterocycles. The predicted octanol–water partition coefficient (Wildman–Crippen LogP) is 1.97. The first-order chi connectivity index (χ1) is 9.34. The monoisotopic (exact) mass is 316 g/mol. The van der Waals surface area contributed by atoms with E-state index < -0.39 is 10.0 Å². The normalized spacial score (nSPS) is 15.9. The van der Waals surface area contributed by atoms with Crippen LogP contribution in [-0.2, 0) is 10.0 Å². The van der Waals surface area contributed by atoms with Crippen LogP contribution >= 0.6 is 11.3 Å². The quantitative estimate of drug-likeness (QED) is 0.901. The summed E-state index contributed by atoms with van der Waals surface area (Å²) >= 11 is 1.02. The highest BCUT2D eigenvalue weighted by molar-refractivity contribution is 7.91. The average molecular weight is 316 g/mol. The summed E-state index contributed by atoms with van der Waals surface area (Å²) in [5, 5.41) is 6.75. The summed E-state index contributed by atoms with van der Waals surface area (Å²) in [6.45, 7) is 4.98. The highest BCUT2D eigenvalue weighted by Crippen LogP contribution is 2.29. The van der Waals surface area contributed by atoms with Gasteiger partial charge in [-0.3, -0.25) is 4.79 Å². The van der Waals surface area contributed by atoms with Gasteiger partial charge in [-0.05, 0) is 38.2 Å². The first-order valence-electron chi connectivity index (χ1n) is 6.74. The van der Waals surface area contributed by atoms with Gasteiger partial charge in [0.2, 0.25) is 10.0 Å². The number of amides is 1. The van der Waals surface area contributed by atoms with Crippen LogP contribution in [0.15, 0.2) is 9.59 Å². The van der Waals surface area contributed by atoms with Gasteiger partial charge in [0.25, 0.3) is 5.91 Å². The van der Waals surface area contributed by atoms with Gasteiger partial charge in [0.15, 0.2) is 0 Å². The lowest BCUT2D eigenvalue weighted by Crippen LogP contribution is -2.37. The molecule has 7 heteroatoms. The van der Waals surface area contributed by atoms with Gasteiger partial charge in [0.1, 0.15) is 4.21 Å². The third-order valence-electron chi connectivity index (χ3n) is 3.86. The Labute approximate surface area is 123 Å². The molecule has 1 saturated carbocycles. The molecule has 1 aliphatic rings. The number of sulfonamides is 1. The lowest BCUT2D eigenvalue weighted by molar-refractivity contribution is 0.0706. The van der Waals surface area contributed by atoms with Crippen LogP contribution in [0.5, 0.6) is 0 Å². The van der Waals surface area contributed by atoms with E-state index in [2.05, 4.69) is 0 Å². The molecule has 1 fully saturated rings. The van der Waals surface area contributed by atoms with Gasteiger partial charge in [-0.2, -0.15) is 0 Å². The van der Waals surface area contributed by atoms with E-state index in [1.807, 2.05) is 6.92 Å². The van der Waals surface area contributed by atoms with Crippen molar-refractivity contribution in [1.29, 1.82) is 0 Å². The number of carbonyl (C=O) groups is 1. The van der Waals surface area contributed by atoms with Crippen molar-refractivity contribution >= 4 is 27.3 Å². The van der Waals surface area contributed by atoms with E-state index in [-0.39, 0.29) is 10.1 Å². The molecule has 0 aliphatic heterocycles. The van der Waals surface area contributed by atoms with E-state index in [9.17, 15) is 13.2 Å². The maximum atomic E-state index is 12.5. The Morgan fingerprint density at radius 3 is 2.55 bits per heavy atom. The summed E-state index contributed by atoms with van der Waals surface area (Å²) in [5.41, 5.74) is 0.926. The van der Waals surface area contributed by atoms with Gasteiger partial charge in [-0.25, -0.2) is 13.6 Å². The van der Waals surface area contributed by atoms with Crippen molar-refractivity contribution in [2.24, 2.45) is 11.1 Å². The maximum absolute atomic E-state index is 12.5. The largest absolute Gasteiger partial charge is 0.339 e. The molecule has 112 valence electrons. The molecule has 0 bridgehead atoms. The molecular formula is C13H20N2O3S2. The molecule has 1 aromatic heterocycles. The molecule has 0 unspecified atom stereocenters. The fraction of sp³-hybridized carbons (Fsp3) is 0.615. The lowest BCUT2D eigenvalue weighted by atomic mass is 9.85. The minimum absolute atomic E-state index is 0.0838. The third-order valence-corrected chi connectivity index (χ3v) is 6.54. The van der Waals surface area contributed by atoms with Gasteiger partial charge in [0.05, 0.1) is 5.56 Å². The molecule has 1 aliphatic carbocycles. The number of carbonyl (C=O) groups excluding carboxylic acids is 1. The second kappa shape index (κ2) is 5.83. The second-order valence-corrected chi connectivity index (χ2v) is 7.88. The maximum Gasteiger partial charge on any atom is 0.255 e. The zero-order chi connectivity index (χ0) is 14.9. The van der Waals surface area contributed by atoms with Crippen molar-refractivity contribution in [3.8, 4) is 0 Å². The van der Waals surface area contributed by atoms with Crippen molar-refractivity contribution < 1.29 is 13.2 Å². The van der Waals surface area contributed by atoms with Crippen LogP contribution in [0.4, 0.5) is 0 Å². The van der Waals surface area contributed by atoms with Gasteiger partial charge in [0, 0.05) is 18.5 Å². The van der Waals surface area contributed by atoms with Gasteiger partial charge in [-0.1, -0.05) is 6.42 Å². The minimum atomic E-state index is -3.75. The van der Waals surface area contributed by atoms with Crippen LogP contribution in [0, 0.1) is 12.8 Å². The van der Waals surface area contributed by atoms with Crippen LogP contribution in [-0.4, -0.2) is 32.3 Å². The second-order valence-electron chi connectivity index (χ2n) is 5.25. The fourth-order valence-corrected chi connectivity index (χ4v) is 4.41. The van der Waals surface area contributed by atoms with Gasteiger partial charge in [-0.15, -0.1) is 11.3 Å². The van der Waals surface area contributed by atoms with E-state index in [1.54, 1.807) is 17.2 Å². The standard InChI is InChI=1S/C13H20N2O3S2/c1-3-15(7-10-5-4-6-10)12(16)11-8-19-13(9(11)2)20(14,17)18/h8,10H,3-7H2,1-2H3,(H2,14,17,18). The van der Waals surface area contributed by atoms with Crippen LogP contribution in [0.1, 0.15) is 42.1 Å². The number of hydrogen-bond donors (Lipinski definition) is 1. The summed E-state index contributed by atoms with van der Waals surface area (Å²) in [6, 6.07) is 0. The Morgan fingerprint density at radius 2 is 2.15 bits per heavy atom. The van der Waals surface area contributed by atoms with Gasteiger partial charge < -0.3 is 4.90 Å². The van der Waals surface area contributed by atoms with Crippen LogP contribution in [0.2, 0.25) is 0 Å². The lowest BCUT2D eigenvalue weighted by Gasteiger charge is -2.31. The molecule has 2 rings (SSSR count). The third kappa shape index (κ3) is 3.05. The van der Waals surface area contributed by atoms with Crippen molar-refractivity contribution in [2.75, 3.05) is 13.1 Å².